The number of hydrogen-bond acceptors (Lipinski definition) is 3. The standard InChI is InChI=1S/C16H18FNO2/c1-12-6-8-13(9-7-12)18-10-14(19)11-20-16-5-3-2-4-15(16)17/h2-9,14,18-19H,10-11H2,1H3. The van der Waals surface area contributed by atoms with Gasteiger partial charge in [0, 0.05) is 12.2 Å². The topological polar surface area (TPSA) is 41.5 Å². The van der Waals surface area contributed by atoms with Crippen molar-refractivity contribution in [2.24, 2.45) is 0 Å². The molecule has 20 heavy (non-hydrogen) atoms. The van der Waals surface area contributed by atoms with Gasteiger partial charge in [0.15, 0.2) is 11.6 Å². The third-order valence-electron chi connectivity index (χ3n) is 2.86. The smallest absolute Gasteiger partial charge is 0.165 e. The molecule has 1 unspecified atom stereocenters. The lowest BCUT2D eigenvalue weighted by atomic mass is 10.2. The highest BCUT2D eigenvalue weighted by molar-refractivity contribution is 5.44. The molecule has 0 radical (unpaired) electrons. The number of aliphatic hydroxyl groups is 1. The molecule has 0 heterocycles. The fraction of sp³-hybridized carbons (Fsp3) is 0.250. The zero-order valence-electron chi connectivity index (χ0n) is 11.3. The molecule has 4 heteroatoms. The van der Waals surface area contributed by atoms with Crippen LogP contribution in [-0.2, 0) is 0 Å². The quantitative estimate of drug-likeness (QED) is 0.851. The first-order chi connectivity index (χ1) is 9.65. The summed E-state index contributed by atoms with van der Waals surface area (Å²) in [5, 5.41) is 12.9. The third-order valence-corrected chi connectivity index (χ3v) is 2.86. The van der Waals surface area contributed by atoms with Gasteiger partial charge >= 0.3 is 0 Å². The van der Waals surface area contributed by atoms with Gasteiger partial charge < -0.3 is 15.2 Å². The van der Waals surface area contributed by atoms with Gasteiger partial charge in [-0.2, -0.15) is 0 Å². The first-order valence-electron chi connectivity index (χ1n) is 6.51. The highest BCUT2D eigenvalue weighted by Gasteiger charge is 2.07. The lowest BCUT2D eigenvalue weighted by molar-refractivity contribution is 0.115. The van der Waals surface area contributed by atoms with Crippen molar-refractivity contribution in [1.29, 1.82) is 0 Å². The molecule has 2 rings (SSSR count). The molecule has 0 bridgehead atoms. The Morgan fingerprint density at radius 3 is 2.55 bits per heavy atom. The van der Waals surface area contributed by atoms with Crippen molar-refractivity contribution in [3.05, 3.63) is 59.9 Å². The molecule has 0 saturated heterocycles. The monoisotopic (exact) mass is 275 g/mol. The minimum Gasteiger partial charge on any atom is -0.488 e. The van der Waals surface area contributed by atoms with E-state index in [1.165, 1.54) is 17.7 Å². The largest absolute Gasteiger partial charge is 0.488 e. The summed E-state index contributed by atoms with van der Waals surface area (Å²) < 4.78 is 18.5. The third kappa shape index (κ3) is 4.24. The Morgan fingerprint density at radius 2 is 1.85 bits per heavy atom. The Balaban J connectivity index is 1.77. The van der Waals surface area contributed by atoms with Crippen molar-refractivity contribution >= 4 is 5.69 Å². The number of benzene rings is 2. The van der Waals surface area contributed by atoms with E-state index in [2.05, 4.69) is 5.32 Å². The molecular formula is C16H18FNO2. The van der Waals surface area contributed by atoms with Crippen LogP contribution in [0.1, 0.15) is 5.56 Å². The summed E-state index contributed by atoms with van der Waals surface area (Å²) >= 11 is 0. The fourth-order valence-electron chi connectivity index (χ4n) is 1.71. The van der Waals surface area contributed by atoms with E-state index in [1.54, 1.807) is 12.1 Å². The molecule has 0 saturated carbocycles. The Kier molecular flexibility index (Phi) is 4.96. The lowest BCUT2D eigenvalue weighted by Crippen LogP contribution is -2.26. The number of halogens is 1. The average molecular weight is 275 g/mol. The van der Waals surface area contributed by atoms with E-state index in [0.717, 1.165) is 5.69 Å². The zero-order valence-corrected chi connectivity index (χ0v) is 11.3. The van der Waals surface area contributed by atoms with Gasteiger partial charge in [0.05, 0.1) is 0 Å². The molecule has 1 atom stereocenters. The van der Waals surface area contributed by atoms with Crippen molar-refractivity contribution in [3.63, 3.8) is 0 Å². The minimum absolute atomic E-state index is 0.0415. The molecule has 106 valence electrons. The van der Waals surface area contributed by atoms with E-state index in [1.807, 2.05) is 31.2 Å². The van der Waals surface area contributed by atoms with E-state index in [-0.39, 0.29) is 12.4 Å². The summed E-state index contributed by atoms with van der Waals surface area (Å²) in [6, 6.07) is 14.0. The first kappa shape index (κ1) is 14.3. The number of hydrogen-bond donors (Lipinski definition) is 2. The van der Waals surface area contributed by atoms with Crippen LogP contribution in [0.15, 0.2) is 48.5 Å². The summed E-state index contributed by atoms with van der Waals surface area (Å²) in [6.07, 6.45) is -0.712. The van der Waals surface area contributed by atoms with Crippen molar-refractivity contribution in [1.82, 2.24) is 0 Å². The number of aliphatic hydroxyl groups excluding tert-OH is 1. The van der Waals surface area contributed by atoms with Gasteiger partial charge in [-0.15, -0.1) is 0 Å². The SMILES string of the molecule is Cc1ccc(NCC(O)COc2ccccc2F)cc1. The summed E-state index contributed by atoms with van der Waals surface area (Å²) in [6.45, 7) is 2.40. The van der Waals surface area contributed by atoms with Crippen LogP contribution in [0.25, 0.3) is 0 Å². The van der Waals surface area contributed by atoms with Crippen molar-refractivity contribution < 1.29 is 14.2 Å². The molecule has 0 aliphatic heterocycles. The van der Waals surface area contributed by atoms with Gasteiger partial charge in [-0.1, -0.05) is 29.8 Å². The zero-order chi connectivity index (χ0) is 14.4. The van der Waals surface area contributed by atoms with E-state index in [4.69, 9.17) is 4.74 Å². The highest BCUT2D eigenvalue weighted by atomic mass is 19.1. The molecule has 2 aromatic rings. The number of rotatable bonds is 6. The predicted octanol–water partition coefficient (Wildman–Crippen LogP) is 2.99. The lowest BCUT2D eigenvalue weighted by Gasteiger charge is -2.14. The van der Waals surface area contributed by atoms with Crippen LogP contribution in [0.3, 0.4) is 0 Å². The normalized spacial score (nSPS) is 11.9. The van der Waals surface area contributed by atoms with Crippen LogP contribution in [0.5, 0.6) is 5.75 Å². The van der Waals surface area contributed by atoms with Gasteiger partial charge in [0.2, 0.25) is 0 Å². The maximum Gasteiger partial charge on any atom is 0.165 e. The number of aryl methyl sites for hydroxylation is 1. The van der Waals surface area contributed by atoms with Gasteiger partial charge in [-0.05, 0) is 31.2 Å². The number of ether oxygens (including phenoxy) is 1. The average Bonchev–Trinajstić information content (AvgIpc) is 2.46. The van der Waals surface area contributed by atoms with Crippen LogP contribution in [0.4, 0.5) is 10.1 Å². The van der Waals surface area contributed by atoms with Crippen LogP contribution >= 0.6 is 0 Å². The molecule has 0 aromatic heterocycles. The molecule has 3 nitrogen and oxygen atoms in total. The Bertz CT molecular complexity index is 542. The predicted molar refractivity (Wildman–Crippen MR) is 77.6 cm³/mol. The molecule has 0 amide bonds. The second-order valence-electron chi connectivity index (χ2n) is 4.64. The molecule has 0 fully saturated rings. The van der Waals surface area contributed by atoms with Gasteiger partial charge in [0.1, 0.15) is 12.7 Å². The molecular weight excluding hydrogens is 257 g/mol. The first-order valence-corrected chi connectivity index (χ1v) is 6.51. The molecule has 0 aliphatic rings. The van der Waals surface area contributed by atoms with E-state index in [0.29, 0.717) is 6.54 Å². The Morgan fingerprint density at radius 1 is 1.15 bits per heavy atom. The number of anilines is 1. The van der Waals surface area contributed by atoms with E-state index >= 15 is 0 Å². The summed E-state index contributed by atoms with van der Waals surface area (Å²) in [5.41, 5.74) is 2.11. The minimum atomic E-state index is -0.712. The molecule has 0 aliphatic carbocycles. The highest BCUT2D eigenvalue weighted by Crippen LogP contribution is 2.15. The number of nitrogens with one attached hydrogen (secondary N) is 1. The molecule has 0 spiro atoms. The van der Waals surface area contributed by atoms with Crippen LogP contribution in [-0.4, -0.2) is 24.4 Å². The van der Waals surface area contributed by atoms with Gasteiger partial charge in [0.25, 0.3) is 0 Å². The fourth-order valence-corrected chi connectivity index (χ4v) is 1.71. The van der Waals surface area contributed by atoms with Gasteiger partial charge in [-0.25, -0.2) is 4.39 Å². The van der Waals surface area contributed by atoms with Crippen molar-refractivity contribution in [2.75, 3.05) is 18.5 Å². The van der Waals surface area contributed by atoms with Crippen molar-refractivity contribution in [3.8, 4) is 5.75 Å². The van der Waals surface area contributed by atoms with Gasteiger partial charge in [-0.3, -0.25) is 0 Å². The maximum atomic E-state index is 13.3. The Hall–Kier alpha value is -2.07. The van der Waals surface area contributed by atoms with Crippen LogP contribution < -0.4 is 10.1 Å². The van der Waals surface area contributed by atoms with Crippen LogP contribution in [0.2, 0.25) is 0 Å². The van der Waals surface area contributed by atoms with E-state index in [9.17, 15) is 9.50 Å². The number of para-hydroxylation sites is 1. The molecule has 2 N–H and O–H groups in total. The summed E-state index contributed by atoms with van der Waals surface area (Å²) in [5.74, 6) is -0.270. The Labute approximate surface area is 118 Å². The van der Waals surface area contributed by atoms with Crippen LogP contribution in [0, 0.1) is 12.7 Å². The second-order valence-corrected chi connectivity index (χ2v) is 4.64. The van der Waals surface area contributed by atoms with Crippen molar-refractivity contribution in [2.45, 2.75) is 13.0 Å². The molecule has 2 aromatic carbocycles. The summed E-state index contributed by atoms with van der Waals surface area (Å²) in [4.78, 5) is 0. The van der Waals surface area contributed by atoms with E-state index < -0.39 is 11.9 Å². The maximum absolute atomic E-state index is 13.3. The second kappa shape index (κ2) is 6.91. The summed E-state index contributed by atoms with van der Waals surface area (Å²) in [7, 11) is 0.